The van der Waals surface area contributed by atoms with Crippen molar-refractivity contribution in [3.63, 3.8) is 0 Å². The second kappa shape index (κ2) is 7.57. The van der Waals surface area contributed by atoms with E-state index in [0.717, 1.165) is 24.9 Å². The van der Waals surface area contributed by atoms with Gasteiger partial charge in [-0.25, -0.2) is 13.1 Å². The quantitative estimate of drug-likeness (QED) is 0.625. The number of hydrogen-bond donors (Lipinski definition) is 2. The van der Waals surface area contributed by atoms with Crippen LogP contribution in [0.1, 0.15) is 19.3 Å². The highest BCUT2D eigenvalue weighted by molar-refractivity contribution is 7.89. The van der Waals surface area contributed by atoms with Gasteiger partial charge in [-0.1, -0.05) is 18.2 Å². The first-order valence-corrected chi connectivity index (χ1v) is 11.6. The number of aromatic nitrogens is 4. The van der Waals surface area contributed by atoms with E-state index in [-0.39, 0.29) is 23.5 Å². The Morgan fingerprint density at radius 1 is 1.03 bits per heavy atom. The van der Waals surface area contributed by atoms with Crippen LogP contribution >= 0.6 is 0 Å². The molecule has 156 valence electrons. The molecule has 4 atom stereocenters. The number of aliphatic hydroxyl groups is 1. The van der Waals surface area contributed by atoms with Crippen LogP contribution in [-0.4, -0.2) is 46.4 Å². The second-order valence-electron chi connectivity index (χ2n) is 8.09. The molecule has 2 saturated carbocycles. The van der Waals surface area contributed by atoms with Gasteiger partial charge in [-0.2, -0.15) is 0 Å². The fourth-order valence-electron chi connectivity index (χ4n) is 4.89. The summed E-state index contributed by atoms with van der Waals surface area (Å²) >= 11 is 0. The van der Waals surface area contributed by atoms with Gasteiger partial charge in [0.15, 0.2) is 0 Å². The molecule has 0 amide bonds. The molecular weight excluding hydrogens is 402 g/mol. The molecule has 0 aliphatic heterocycles. The summed E-state index contributed by atoms with van der Waals surface area (Å²) in [5, 5.41) is 22.2. The number of rotatable bonds is 6. The number of benzene rings is 2. The molecule has 9 heteroatoms. The van der Waals surface area contributed by atoms with Crippen molar-refractivity contribution in [2.24, 2.45) is 17.8 Å². The van der Waals surface area contributed by atoms with E-state index in [1.165, 1.54) is 4.80 Å². The Morgan fingerprint density at radius 3 is 2.50 bits per heavy atom. The molecule has 5 rings (SSSR count). The molecule has 3 aromatic rings. The Hall–Kier alpha value is -2.62. The SMILES string of the molecule is O=S(=O)(NC1C2CCC(C2)C1CO)c1ccc(-c2nnn(-c3ccccc3)n2)cc1. The highest BCUT2D eigenvalue weighted by Crippen LogP contribution is 2.48. The molecule has 2 aliphatic rings. The number of sulfonamides is 1. The maximum Gasteiger partial charge on any atom is 0.240 e. The molecule has 30 heavy (non-hydrogen) atoms. The minimum Gasteiger partial charge on any atom is -0.396 e. The minimum atomic E-state index is -3.67. The summed E-state index contributed by atoms with van der Waals surface area (Å²) in [6, 6.07) is 15.7. The third-order valence-electron chi connectivity index (χ3n) is 6.41. The van der Waals surface area contributed by atoms with Gasteiger partial charge < -0.3 is 5.11 Å². The number of aliphatic hydroxyl groups excluding tert-OH is 1. The van der Waals surface area contributed by atoms with Gasteiger partial charge in [0.25, 0.3) is 0 Å². The Bertz CT molecular complexity index is 1130. The molecule has 2 aromatic carbocycles. The van der Waals surface area contributed by atoms with Gasteiger partial charge in [0.2, 0.25) is 15.8 Å². The minimum absolute atomic E-state index is 0.00928. The normalized spacial score (nSPS) is 25.6. The van der Waals surface area contributed by atoms with E-state index in [9.17, 15) is 13.5 Å². The summed E-state index contributed by atoms with van der Waals surface area (Å²) in [7, 11) is -3.67. The standard InChI is InChI=1S/C21H23N5O3S/c27-13-19-15-6-7-16(12-15)20(19)24-30(28,29)18-10-8-14(9-11-18)21-22-25-26(23-21)17-4-2-1-3-5-17/h1-5,8-11,15-16,19-20,24,27H,6-7,12-13H2. The monoisotopic (exact) mass is 425 g/mol. The number of fused-ring (bicyclic) bond motifs is 2. The largest absolute Gasteiger partial charge is 0.396 e. The van der Waals surface area contributed by atoms with Crippen LogP contribution in [0.25, 0.3) is 17.1 Å². The van der Waals surface area contributed by atoms with Crippen LogP contribution in [0.3, 0.4) is 0 Å². The molecule has 1 aromatic heterocycles. The van der Waals surface area contributed by atoms with E-state index in [1.54, 1.807) is 24.3 Å². The highest BCUT2D eigenvalue weighted by Gasteiger charge is 2.48. The van der Waals surface area contributed by atoms with Crippen molar-refractivity contribution >= 4 is 10.0 Å². The average molecular weight is 426 g/mol. The van der Waals surface area contributed by atoms with Crippen LogP contribution < -0.4 is 4.72 Å². The molecule has 4 unspecified atom stereocenters. The van der Waals surface area contributed by atoms with Crippen LogP contribution in [0.5, 0.6) is 0 Å². The molecule has 2 bridgehead atoms. The molecule has 8 nitrogen and oxygen atoms in total. The molecule has 1 heterocycles. The van der Waals surface area contributed by atoms with Gasteiger partial charge >= 0.3 is 0 Å². The molecule has 2 N–H and O–H groups in total. The number of hydrogen-bond acceptors (Lipinski definition) is 6. The van der Waals surface area contributed by atoms with Gasteiger partial charge in [-0.3, -0.25) is 0 Å². The fourth-order valence-corrected chi connectivity index (χ4v) is 6.24. The lowest BCUT2D eigenvalue weighted by atomic mass is 9.86. The van der Waals surface area contributed by atoms with Gasteiger partial charge in [-0.15, -0.1) is 15.0 Å². The van der Waals surface area contributed by atoms with Crippen molar-refractivity contribution in [3.8, 4) is 17.1 Å². The van der Waals surface area contributed by atoms with Crippen molar-refractivity contribution in [3.05, 3.63) is 54.6 Å². The maximum absolute atomic E-state index is 12.9. The van der Waals surface area contributed by atoms with Crippen LogP contribution in [0.2, 0.25) is 0 Å². The van der Waals surface area contributed by atoms with Crippen molar-refractivity contribution in [1.82, 2.24) is 24.9 Å². The molecule has 0 spiro atoms. The third kappa shape index (κ3) is 3.42. The lowest BCUT2D eigenvalue weighted by molar-refractivity contribution is 0.153. The first-order chi connectivity index (χ1) is 14.5. The van der Waals surface area contributed by atoms with Crippen molar-refractivity contribution < 1.29 is 13.5 Å². The average Bonchev–Trinajstić information content (AvgIpc) is 3.51. The molecule has 2 fully saturated rings. The molecule has 0 saturated heterocycles. The number of para-hydroxylation sites is 1. The van der Waals surface area contributed by atoms with E-state index >= 15 is 0 Å². The second-order valence-corrected chi connectivity index (χ2v) is 9.80. The highest BCUT2D eigenvalue weighted by atomic mass is 32.2. The zero-order valence-electron chi connectivity index (χ0n) is 16.3. The maximum atomic E-state index is 12.9. The van der Waals surface area contributed by atoms with Gasteiger partial charge in [0, 0.05) is 24.1 Å². The summed E-state index contributed by atoms with van der Waals surface area (Å²) < 4.78 is 28.7. The van der Waals surface area contributed by atoms with Crippen molar-refractivity contribution in [1.29, 1.82) is 0 Å². The van der Waals surface area contributed by atoms with Gasteiger partial charge in [0.05, 0.1) is 10.6 Å². The Morgan fingerprint density at radius 2 is 1.77 bits per heavy atom. The van der Waals surface area contributed by atoms with E-state index in [0.29, 0.717) is 23.2 Å². The summed E-state index contributed by atoms with van der Waals surface area (Å²) in [5.74, 6) is 1.17. The summed E-state index contributed by atoms with van der Waals surface area (Å²) in [6.07, 6.45) is 3.11. The molecular formula is C21H23N5O3S. The van der Waals surface area contributed by atoms with Gasteiger partial charge in [0.1, 0.15) is 0 Å². The smallest absolute Gasteiger partial charge is 0.240 e. The Kier molecular flexibility index (Phi) is 4.88. The zero-order valence-corrected chi connectivity index (χ0v) is 17.1. The lowest BCUT2D eigenvalue weighted by Gasteiger charge is -2.30. The predicted molar refractivity (Wildman–Crippen MR) is 110 cm³/mol. The van der Waals surface area contributed by atoms with Crippen LogP contribution in [0.4, 0.5) is 0 Å². The van der Waals surface area contributed by atoms with Crippen LogP contribution in [0.15, 0.2) is 59.5 Å². The zero-order chi connectivity index (χ0) is 20.7. The van der Waals surface area contributed by atoms with Crippen LogP contribution in [-0.2, 0) is 10.0 Å². The number of nitrogens with zero attached hydrogens (tertiary/aromatic N) is 4. The number of tetrazole rings is 1. The molecule has 2 aliphatic carbocycles. The van der Waals surface area contributed by atoms with Gasteiger partial charge in [-0.05, 0) is 72.7 Å². The Labute approximate surface area is 175 Å². The Balaban J connectivity index is 1.34. The topological polar surface area (TPSA) is 110 Å². The van der Waals surface area contributed by atoms with E-state index in [2.05, 4.69) is 20.1 Å². The summed E-state index contributed by atoms with van der Waals surface area (Å²) in [6.45, 7) is 0.0238. The van der Waals surface area contributed by atoms with Crippen molar-refractivity contribution in [2.75, 3.05) is 6.61 Å². The fraction of sp³-hybridized carbons (Fsp3) is 0.381. The van der Waals surface area contributed by atoms with E-state index in [1.807, 2.05) is 30.3 Å². The lowest BCUT2D eigenvalue weighted by Crippen LogP contribution is -2.45. The number of nitrogens with one attached hydrogen (secondary N) is 1. The van der Waals surface area contributed by atoms with E-state index in [4.69, 9.17) is 0 Å². The van der Waals surface area contributed by atoms with Crippen molar-refractivity contribution in [2.45, 2.75) is 30.2 Å². The molecule has 0 radical (unpaired) electrons. The van der Waals surface area contributed by atoms with Crippen LogP contribution in [0, 0.1) is 17.8 Å². The summed E-state index contributed by atoms with van der Waals surface area (Å²) in [4.78, 5) is 1.63. The first-order valence-electron chi connectivity index (χ1n) is 10.1. The predicted octanol–water partition coefficient (Wildman–Crippen LogP) is 2.01. The third-order valence-corrected chi connectivity index (χ3v) is 7.89. The summed E-state index contributed by atoms with van der Waals surface area (Å²) in [5.41, 5.74) is 1.48. The first kappa shape index (κ1) is 19.3. The van der Waals surface area contributed by atoms with E-state index < -0.39 is 10.0 Å².